The van der Waals surface area contributed by atoms with Crippen LogP contribution in [-0.2, 0) is 24.9 Å². The molecule has 186 valence electrons. The summed E-state index contributed by atoms with van der Waals surface area (Å²) in [5.74, 6) is 1.20. The summed E-state index contributed by atoms with van der Waals surface area (Å²) in [6.45, 7) is 5.58. The molecule has 0 fully saturated rings. The second kappa shape index (κ2) is 10.3. The van der Waals surface area contributed by atoms with Gasteiger partial charge in [0.05, 0.1) is 0 Å². The average Bonchev–Trinajstić information content (AvgIpc) is 3.66. The Balaban J connectivity index is 1.60. The van der Waals surface area contributed by atoms with Crippen LogP contribution >= 0.6 is 0 Å². The van der Waals surface area contributed by atoms with Gasteiger partial charge in [0.1, 0.15) is 0 Å². The molecule has 1 atom stereocenters. The number of aryl methyl sites for hydroxylation is 2. The number of unbranched alkanes of at least 4 members (excludes halogenated alkanes) is 1. The van der Waals surface area contributed by atoms with E-state index in [1.807, 2.05) is 46.1 Å². The van der Waals surface area contributed by atoms with Gasteiger partial charge in [-0.2, -0.15) is 5.21 Å². The summed E-state index contributed by atoms with van der Waals surface area (Å²) in [5.41, 5.74) is 2.43. The first-order valence-corrected chi connectivity index (χ1v) is 12.5. The highest BCUT2D eigenvalue weighted by atomic mass is 16.1. The normalized spacial score (nSPS) is 17.2. The Labute approximate surface area is 209 Å². The van der Waals surface area contributed by atoms with Crippen LogP contribution in [0, 0.1) is 0 Å². The number of nitrogens with one attached hydrogen (secondary N) is 1. The average molecular weight is 486 g/mol. The largest absolute Gasteiger partial charge is 0.335 e. The third kappa shape index (κ3) is 4.46. The number of tetrazole rings is 1. The van der Waals surface area contributed by atoms with Crippen LogP contribution in [0.5, 0.6) is 0 Å². The number of H-pyrrole nitrogens is 1. The van der Waals surface area contributed by atoms with E-state index in [2.05, 4.69) is 62.7 Å². The molecule has 0 saturated heterocycles. The van der Waals surface area contributed by atoms with Crippen molar-refractivity contribution >= 4 is 6.21 Å². The van der Waals surface area contributed by atoms with Gasteiger partial charge in [0, 0.05) is 60.8 Å². The Bertz CT molecular complexity index is 1420. The fourth-order valence-corrected chi connectivity index (χ4v) is 4.82. The van der Waals surface area contributed by atoms with E-state index in [-0.39, 0.29) is 5.69 Å². The number of aromatic amines is 1. The van der Waals surface area contributed by atoms with E-state index < -0.39 is 5.41 Å². The number of aromatic nitrogens is 8. The third-order valence-electron chi connectivity index (χ3n) is 6.74. The van der Waals surface area contributed by atoms with Gasteiger partial charge in [-0.1, -0.05) is 44.5 Å². The molecule has 3 aromatic heterocycles. The van der Waals surface area contributed by atoms with Crippen molar-refractivity contribution in [2.24, 2.45) is 4.99 Å². The van der Waals surface area contributed by atoms with Crippen LogP contribution in [0.15, 0.2) is 64.9 Å². The molecule has 10 nitrogen and oxygen atoms in total. The molecule has 1 aromatic carbocycles. The maximum Gasteiger partial charge on any atom is 0.335 e. The number of benzene rings is 1. The number of imidazole rings is 2. The van der Waals surface area contributed by atoms with Gasteiger partial charge in [0.25, 0.3) is 0 Å². The summed E-state index contributed by atoms with van der Waals surface area (Å²) < 4.78 is 5.66. The van der Waals surface area contributed by atoms with Crippen LogP contribution in [0.2, 0.25) is 0 Å². The van der Waals surface area contributed by atoms with E-state index in [0.29, 0.717) is 24.7 Å². The number of rotatable bonds is 10. The van der Waals surface area contributed by atoms with E-state index in [1.54, 1.807) is 10.8 Å². The molecule has 10 heteroatoms. The smallest absolute Gasteiger partial charge is 0.317 e. The van der Waals surface area contributed by atoms with E-state index in [9.17, 15) is 4.79 Å². The zero-order chi connectivity index (χ0) is 25.0. The van der Waals surface area contributed by atoms with Gasteiger partial charge < -0.3 is 4.57 Å². The standard InChI is InChI=1S/C26H31N9O/c1-3-5-9-22-18-34(24-28-14-16-33(24)15-4-2)25(36)35(22)19-26(10-12-27-13-11-26)21-8-6-7-20(17-21)23-29-31-32-30-23/h6-8,10,12-14,16-18H,3-5,9,11,15,19H2,1-2H3,(H,29,30,31,32). The van der Waals surface area contributed by atoms with Gasteiger partial charge in [-0.05, 0) is 42.5 Å². The molecule has 0 spiro atoms. The van der Waals surface area contributed by atoms with Gasteiger partial charge in [0.2, 0.25) is 11.8 Å². The molecule has 5 rings (SSSR count). The predicted octanol–water partition coefficient (Wildman–Crippen LogP) is 3.69. The SMILES string of the molecule is CCCCc1cn(-c2nccn2CCC)c(=O)n1CC1(c2cccc(-c3nn[nH]n3)c2)C=CN=CC1. The number of hydrogen-bond acceptors (Lipinski definition) is 6. The molecule has 0 saturated carbocycles. The Morgan fingerprint density at radius 1 is 1.19 bits per heavy atom. The summed E-state index contributed by atoms with van der Waals surface area (Å²) in [5, 5.41) is 14.5. The van der Waals surface area contributed by atoms with Crippen molar-refractivity contribution < 1.29 is 0 Å². The van der Waals surface area contributed by atoms with Gasteiger partial charge in [-0.25, -0.2) is 14.3 Å². The fourth-order valence-electron chi connectivity index (χ4n) is 4.82. The second-order valence-corrected chi connectivity index (χ2v) is 9.21. The van der Waals surface area contributed by atoms with Gasteiger partial charge >= 0.3 is 5.69 Å². The highest BCUT2D eigenvalue weighted by Crippen LogP contribution is 2.35. The molecule has 1 unspecified atom stereocenters. The first-order valence-electron chi connectivity index (χ1n) is 12.5. The van der Waals surface area contributed by atoms with Crippen LogP contribution in [0.25, 0.3) is 17.3 Å². The van der Waals surface area contributed by atoms with Crippen molar-refractivity contribution in [3.63, 3.8) is 0 Å². The summed E-state index contributed by atoms with van der Waals surface area (Å²) in [4.78, 5) is 22.7. The van der Waals surface area contributed by atoms with E-state index in [0.717, 1.165) is 49.0 Å². The zero-order valence-electron chi connectivity index (χ0n) is 20.7. The molecule has 4 aromatic rings. The molecule has 1 N–H and O–H groups in total. The Morgan fingerprint density at radius 3 is 2.86 bits per heavy atom. The lowest BCUT2D eigenvalue weighted by atomic mass is 9.76. The molecule has 0 bridgehead atoms. The first-order chi connectivity index (χ1) is 17.6. The number of aliphatic imine (C=N–C) groups is 1. The number of allylic oxidation sites excluding steroid dienone is 1. The summed E-state index contributed by atoms with van der Waals surface area (Å²) >= 11 is 0. The van der Waals surface area contributed by atoms with Gasteiger partial charge in [-0.3, -0.25) is 9.56 Å². The van der Waals surface area contributed by atoms with Crippen LogP contribution in [-0.4, -0.2) is 45.5 Å². The molecular weight excluding hydrogens is 454 g/mol. The molecule has 1 aliphatic heterocycles. The van der Waals surface area contributed by atoms with Crippen molar-refractivity contribution in [2.75, 3.05) is 0 Å². The van der Waals surface area contributed by atoms with Crippen LogP contribution in [0.1, 0.15) is 50.8 Å². The molecule has 1 aliphatic rings. The Hall–Kier alpha value is -4.08. The lowest BCUT2D eigenvalue weighted by Gasteiger charge is -2.32. The molecular formula is C26H31N9O. The van der Waals surface area contributed by atoms with E-state index in [1.165, 1.54) is 0 Å². The molecule has 0 amide bonds. The van der Waals surface area contributed by atoms with Gasteiger partial charge in [-0.15, -0.1) is 10.2 Å². The summed E-state index contributed by atoms with van der Waals surface area (Å²) in [7, 11) is 0. The predicted molar refractivity (Wildman–Crippen MR) is 138 cm³/mol. The molecule has 0 radical (unpaired) electrons. The van der Waals surface area contributed by atoms with Crippen molar-refractivity contribution in [2.45, 2.75) is 64.5 Å². The molecule has 0 aliphatic carbocycles. The van der Waals surface area contributed by atoms with Crippen molar-refractivity contribution in [1.29, 1.82) is 0 Å². The quantitative estimate of drug-likeness (QED) is 0.368. The van der Waals surface area contributed by atoms with E-state index >= 15 is 0 Å². The van der Waals surface area contributed by atoms with Crippen molar-refractivity contribution in [1.82, 2.24) is 39.3 Å². The Kier molecular flexibility index (Phi) is 6.75. The van der Waals surface area contributed by atoms with Crippen LogP contribution in [0.4, 0.5) is 0 Å². The number of nitrogens with zero attached hydrogens (tertiary/aromatic N) is 8. The second-order valence-electron chi connectivity index (χ2n) is 9.21. The number of hydrogen-bond donors (Lipinski definition) is 1. The lowest BCUT2D eigenvalue weighted by molar-refractivity contribution is 0.438. The minimum absolute atomic E-state index is 0.0748. The first kappa shape index (κ1) is 23.7. The lowest BCUT2D eigenvalue weighted by Crippen LogP contribution is -2.37. The topological polar surface area (TPSA) is 112 Å². The minimum atomic E-state index is -0.447. The monoisotopic (exact) mass is 485 g/mol. The van der Waals surface area contributed by atoms with Crippen molar-refractivity contribution in [3.8, 4) is 17.3 Å². The maximum atomic E-state index is 13.9. The Morgan fingerprint density at radius 2 is 2.11 bits per heavy atom. The zero-order valence-corrected chi connectivity index (χ0v) is 20.7. The highest BCUT2D eigenvalue weighted by molar-refractivity contribution is 5.65. The van der Waals surface area contributed by atoms with Crippen LogP contribution < -0.4 is 5.69 Å². The van der Waals surface area contributed by atoms with Gasteiger partial charge in [0.15, 0.2) is 0 Å². The van der Waals surface area contributed by atoms with E-state index in [4.69, 9.17) is 0 Å². The fraction of sp³-hybridized carbons (Fsp3) is 0.385. The molecule has 4 heterocycles. The maximum absolute atomic E-state index is 13.9. The molecule has 36 heavy (non-hydrogen) atoms. The summed E-state index contributed by atoms with van der Waals surface area (Å²) in [6, 6.07) is 8.13. The minimum Gasteiger partial charge on any atom is -0.317 e. The third-order valence-corrected chi connectivity index (χ3v) is 6.74. The van der Waals surface area contributed by atoms with Crippen molar-refractivity contribution in [3.05, 3.63) is 76.9 Å². The summed E-state index contributed by atoms with van der Waals surface area (Å²) in [6.07, 6.45) is 16.0. The highest BCUT2D eigenvalue weighted by Gasteiger charge is 2.33. The van der Waals surface area contributed by atoms with Crippen LogP contribution in [0.3, 0.4) is 0 Å².